The maximum atomic E-state index is 12.9. The summed E-state index contributed by atoms with van der Waals surface area (Å²) in [6.45, 7) is 5.86. The van der Waals surface area contributed by atoms with Crippen LogP contribution in [0, 0.1) is 0 Å². The molecule has 0 bridgehead atoms. The number of esters is 1. The van der Waals surface area contributed by atoms with Crippen LogP contribution in [0.25, 0.3) is 0 Å². The molecule has 0 aliphatic carbocycles. The molecule has 2 nitrogen and oxygen atoms in total. The zero-order valence-electron chi connectivity index (χ0n) is 17.1. The maximum absolute atomic E-state index is 12.9. The molecule has 0 saturated heterocycles. The number of hydrogen-bond acceptors (Lipinski definition) is 2. The summed E-state index contributed by atoms with van der Waals surface area (Å²) in [7, 11) is 0. The molecule has 0 fully saturated rings. The zero-order valence-corrected chi connectivity index (χ0v) is 18.0. The zero-order chi connectivity index (χ0) is 20.4. The monoisotopic (exact) mass is 392 g/mol. The maximum Gasteiger partial charge on any atom is 0.334 e. The lowest BCUT2D eigenvalue weighted by molar-refractivity contribution is -0.134. The lowest BCUT2D eigenvalue weighted by Gasteiger charge is -2.31. The normalized spacial score (nSPS) is 10.4. The van der Waals surface area contributed by atoms with E-state index in [2.05, 4.69) is 36.4 Å². The van der Waals surface area contributed by atoms with Gasteiger partial charge in [0.1, 0.15) is 0 Å². The van der Waals surface area contributed by atoms with Crippen LogP contribution in [0.1, 0.15) is 27.7 Å². The third kappa shape index (κ3) is 4.29. The van der Waals surface area contributed by atoms with Crippen molar-refractivity contribution in [3.05, 3.63) is 91.0 Å². The van der Waals surface area contributed by atoms with Gasteiger partial charge in [0.25, 0.3) is 0 Å². The van der Waals surface area contributed by atoms with Crippen molar-refractivity contribution in [3.63, 3.8) is 0 Å². The van der Waals surface area contributed by atoms with Crippen molar-refractivity contribution in [2.75, 3.05) is 6.61 Å². The molecular formula is C25H29O2P. The second-order valence-corrected chi connectivity index (χ2v) is 9.55. The van der Waals surface area contributed by atoms with Crippen molar-refractivity contribution in [1.29, 1.82) is 0 Å². The Morgan fingerprint density at radius 3 is 1.32 bits per heavy atom. The number of ether oxygens (including phenoxy) is 1. The molecule has 0 amide bonds. The van der Waals surface area contributed by atoms with Gasteiger partial charge in [-0.05, 0) is 36.6 Å². The van der Waals surface area contributed by atoms with Crippen molar-refractivity contribution in [1.82, 2.24) is 0 Å². The highest BCUT2D eigenvalue weighted by Gasteiger charge is 2.31. The lowest BCUT2D eigenvalue weighted by Crippen LogP contribution is -2.33. The molecule has 0 aliphatic rings. The van der Waals surface area contributed by atoms with E-state index in [0.717, 1.165) is 21.2 Å². The summed E-state index contributed by atoms with van der Waals surface area (Å²) in [5.41, 5.74) is 0. The van der Waals surface area contributed by atoms with Gasteiger partial charge in [0.2, 0.25) is 0 Å². The molecule has 3 rings (SSSR count). The fourth-order valence-electron chi connectivity index (χ4n) is 3.36. The van der Waals surface area contributed by atoms with Crippen LogP contribution < -0.4 is 15.9 Å². The van der Waals surface area contributed by atoms with Crippen LogP contribution in [0.2, 0.25) is 0 Å². The fraction of sp³-hybridized carbons (Fsp3) is 0.200. The minimum atomic E-state index is -2.29. The molecule has 0 heterocycles. The van der Waals surface area contributed by atoms with Crippen LogP contribution in [0.4, 0.5) is 0 Å². The molecule has 0 aliphatic heterocycles. The molecule has 0 N–H and O–H groups in total. The van der Waals surface area contributed by atoms with E-state index in [0.29, 0.717) is 6.61 Å². The Balaban J connectivity index is 0.00000136. The van der Waals surface area contributed by atoms with E-state index in [1.54, 1.807) is 0 Å². The molecule has 0 unspecified atom stereocenters. The average molecular weight is 392 g/mol. The SMILES string of the molecule is CC.CCOC(=O)C(C)=P(c1ccccc1)(c1ccccc1)c1ccccc1. The summed E-state index contributed by atoms with van der Waals surface area (Å²) in [5, 5.41) is 4.23. The van der Waals surface area contributed by atoms with Gasteiger partial charge in [-0.15, -0.1) is 0 Å². The van der Waals surface area contributed by atoms with Gasteiger partial charge in [0, 0.05) is 5.29 Å². The molecule has 3 heteroatoms. The smallest absolute Gasteiger partial charge is 0.334 e. The van der Waals surface area contributed by atoms with E-state index in [1.807, 2.05) is 82.3 Å². The Morgan fingerprint density at radius 1 is 0.714 bits per heavy atom. The summed E-state index contributed by atoms with van der Waals surface area (Å²) < 4.78 is 5.43. The first-order valence-corrected chi connectivity index (χ1v) is 11.6. The van der Waals surface area contributed by atoms with Gasteiger partial charge in [0.05, 0.1) is 6.61 Å². The van der Waals surface area contributed by atoms with Crippen LogP contribution in [0.5, 0.6) is 0 Å². The molecule has 146 valence electrons. The largest absolute Gasteiger partial charge is 0.463 e. The molecular weight excluding hydrogens is 363 g/mol. The van der Waals surface area contributed by atoms with Gasteiger partial charge in [-0.3, -0.25) is 0 Å². The van der Waals surface area contributed by atoms with Crippen molar-refractivity contribution < 1.29 is 9.53 Å². The third-order valence-corrected chi connectivity index (χ3v) is 8.91. The van der Waals surface area contributed by atoms with Crippen LogP contribution >= 0.6 is 6.89 Å². The Kier molecular flexibility index (Phi) is 8.29. The molecule has 28 heavy (non-hydrogen) atoms. The van der Waals surface area contributed by atoms with E-state index in [-0.39, 0.29) is 5.97 Å². The van der Waals surface area contributed by atoms with E-state index in [9.17, 15) is 4.79 Å². The molecule has 0 saturated carbocycles. The van der Waals surface area contributed by atoms with Crippen LogP contribution in [-0.2, 0) is 9.53 Å². The highest BCUT2D eigenvalue weighted by molar-refractivity contribution is 7.96. The van der Waals surface area contributed by atoms with Crippen molar-refractivity contribution in [3.8, 4) is 0 Å². The van der Waals surface area contributed by atoms with Gasteiger partial charge in [0.15, 0.2) is 0 Å². The summed E-state index contributed by atoms with van der Waals surface area (Å²) in [5.74, 6) is -0.225. The van der Waals surface area contributed by atoms with E-state index in [1.165, 1.54) is 0 Å². The second-order valence-electron chi connectivity index (χ2n) is 5.98. The molecule has 0 aromatic heterocycles. The molecule has 0 spiro atoms. The van der Waals surface area contributed by atoms with Gasteiger partial charge in [-0.2, -0.15) is 0 Å². The Labute approximate surface area is 169 Å². The predicted molar refractivity (Wildman–Crippen MR) is 124 cm³/mol. The van der Waals surface area contributed by atoms with E-state index in [4.69, 9.17) is 4.74 Å². The van der Waals surface area contributed by atoms with Gasteiger partial charge >= 0.3 is 5.97 Å². The molecule has 0 radical (unpaired) electrons. The molecule has 3 aromatic carbocycles. The van der Waals surface area contributed by atoms with Crippen molar-refractivity contribution in [2.45, 2.75) is 27.7 Å². The summed E-state index contributed by atoms with van der Waals surface area (Å²) >= 11 is 0. The Bertz CT molecular complexity index is 813. The van der Waals surface area contributed by atoms with Gasteiger partial charge in [-0.25, -0.2) is 4.79 Å². The second kappa shape index (κ2) is 10.7. The van der Waals surface area contributed by atoms with Gasteiger partial charge < -0.3 is 4.74 Å². The first-order valence-electron chi connectivity index (χ1n) is 9.78. The van der Waals surface area contributed by atoms with Crippen LogP contribution in [-0.4, -0.2) is 17.9 Å². The minimum Gasteiger partial charge on any atom is -0.463 e. The highest BCUT2D eigenvalue weighted by atomic mass is 31.2. The first kappa shape index (κ1) is 21.7. The molecule has 0 atom stereocenters. The topological polar surface area (TPSA) is 26.3 Å². The number of benzene rings is 3. The Hall–Kier alpha value is -2.57. The van der Waals surface area contributed by atoms with Crippen LogP contribution in [0.15, 0.2) is 91.0 Å². The summed E-state index contributed by atoms with van der Waals surface area (Å²) in [6, 6.07) is 31.0. The van der Waals surface area contributed by atoms with E-state index < -0.39 is 6.89 Å². The first-order chi connectivity index (χ1) is 13.7. The Morgan fingerprint density at radius 2 is 1.04 bits per heavy atom. The standard InChI is InChI=1S/C23H23O2P.C2H6/c1-3-25-23(24)19(2)26(20-13-7-4-8-14-20,21-15-9-5-10-16-21)22-17-11-6-12-18-22;1-2/h4-18H,3H2,1-2H3;1-2H3. The number of carbonyl (C=O) groups excluding carboxylic acids is 1. The van der Waals surface area contributed by atoms with Crippen molar-refractivity contribution >= 4 is 34.1 Å². The van der Waals surface area contributed by atoms with Gasteiger partial charge in [-0.1, -0.05) is 105 Å². The fourth-order valence-corrected chi connectivity index (χ4v) is 7.61. The van der Waals surface area contributed by atoms with Crippen molar-refractivity contribution in [2.24, 2.45) is 0 Å². The summed E-state index contributed by atoms with van der Waals surface area (Å²) in [6.07, 6.45) is 0. The minimum absolute atomic E-state index is 0.225. The quantitative estimate of drug-likeness (QED) is 0.462. The molecule has 3 aromatic rings. The van der Waals surface area contributed by atoms with Crippen LogP contribution in [0.3, 0.4) is 0 Å². The number of hydrogen-bond donors (Lipinski definition) is 0. The average Bonchev–Trinajstić information content (AvgIpc) is 2.78. The summed E-state index contributed by atoms with van der Waals surface area (Å²) in [4.78, 5) is 12.9. The number of carbonyl (C=O) groups is 1. The van der Waals surface area contributed by atoms with E-state index >= 15 is 0 Å². The highest BCUT2D eigenvalue weighted by Crippen LogP contribution is 2.46. The lowest BCUT2D eigenvalue weighted by atomic mass is 10.4. The predicted octanol–water partition coefficient (Wildman–Crippen LogP) is 4.76. The third-order valence-electron chi connectivity index (χ3n) is 4.50. The number of rotatable bonds is 5.